The molecular formula is C13H10FNO4. The van der Waals surface area contributed by atoms with Crippen molar-refractivity contribution >= 4 is 23.3 Å². The Balaban J connectivity index is 2.35. The lowest BCUT2D eigenvalue weighted by atomic mass is 9.98. The van der Waals surface area contributed by atoms with Crippen molar-refractivity contribution in [3.05, 3.63) is 41.2 Å². The number of carboxylic acid groups (broad SMARTS) is 1. The van der Waals surface area contributed by atoms with E-state index in [-0.39, 0.29) is 17.9 Å². The minimum Gasteiger partial charge on any atom is -0.478 e. The monoisotopic (exact) mass is 263 g/mol. The van der Waals surface area contributed by atoms with E-state index in [4.69, 9.17) is 5.11 Å². The van der Waals surface area contributed by atoms with E-state index in [1.54, 1.807) is 0 Å². The number of fused-ring (bicyclic) bond motifs is 1. The fraction of sp³-hybridized carbons (Fsp3) is 0.154. The van der Waals surface area contributed by atoms with E-state index in [1.165, 1.54) is 6.07 Å². The molecule has 6 heteroatoms. The van der Waals surface area contributed by atoms with Gasteiger partial charge in [-0.25, -0.2) is 9.18 Å². The number of allylic oxidation sites excluding steroid dienone is 1. The van der Waals surface area contributed by atoms with Crippen LogP contribution in [0.4, 0.5) is 10.1 Å². The maximum atomic E-state index is 13.7. The van der Waals surface area contributed by atoms with E-state index >= 15 is 0 Å². The van der Waals surface area contributed by atoms with Crippen LogP contribution in [0.5, 0.6) is 0 Å². The summed E-state index contributed by atoms with van der Waals surface area (Å²) >= 11 is 0. The summed E-state index contributed by atoms with van der Waals surface area (Å²) in [7, 11) is 0. The average molecular weight is 263 g/mol. The van der Waals surface area contributed by atoms with Gasteiger partial charge in [0.2, 0.25) is 5.91 Å². The number of ketones is 1. The summed E-state index contributed by atoms with van der Waals surface area (Å²) in [5.41, 5.74) is 0.813. The Labute approximate surface area is 107 Å². The van der Waals surface area contributed by atoms with E-state index in [9.17, 15) is 18.8 Å². The molecule has 1 aromatic rings. The number of carbonyl (C=O) groups is 3. The maximum Gasteiger partial charge on any atom is 0.328 e. The van der Waals surface area contributed by atoms with E-state index in [1.807, 2.05) is 0 Å². The summed E-state index contributed by atoms with van der Waals surface area (Å²) in [5, 5.41) is 10.9. The molecular weight excluding hydrogens is 253 g/mol. The molecule has 1 amide bonds. The summed E-state index contributed by atoms with van der Waals surface area (Å²) < 4.78 is 13.7. The van der Waals surface area contributed by atoms with Crippen LogP contribution in [-0.4, -0.2) is 22.8 Å². The fourth-order valence-electron chi connectivity index (χ4n) is 1.83. The van der Waals surface area contributed by atoms with Gasteiger partial charge in [-0.05, 0) is 30.2 Å². The lowest BCUT2D eigenvalue weighted by Gasteiger charge is -2.17. The number of anilines is 1. The Hall–Kier alpha value is -2.50. The number of hydrogen-bond donors (Lipinski definition) is 2. The van der Waals surface area contributed by atoms with Gasteiger partial charge in [-0.1, -0.05) is 0 Å². The quantitative estimate of drug-likeness (QED) is 0.640. The third kappa shape index (κ3) is 2.85. The SMILES string of the molecule is O=C(O)C=CC(=O)c1cc2c(cc1F)NC(=O)CC2. The number of benzene rings is 1. The molecule has 1 aliphatic rings. The molecule has 2 N–H and O–H groups in total. The molecule has 0 atom stereocenters. The van der Waals surface area contributed by atoms with Gasteiger partial charge in [0.05, 0.1) is 5.56 Å². The Morgan fingerprint density at radius 1 is 1.26 bits per heavy atom. The number of aryl methyl sites for hydroxylation is 1. The van der Waals surface area contributed by atoms with Crippen LogP contribution in [0, 0.1) is 5.82 Å². The molecule has 0 spiro atoms. The summed E-state index contributed by atoms with van der Waals surface area (Å²) in [5.74, 6) is -2.99. The number of hydrogen-bond acceptors (Lipinski definition) is 3. The predicted octanol–water partition coefficient (Wildman–Crippen LogP) is 1.53. The topological polar surface area (TPSA) is 83.5 Å². The highest BCUT2D eigenvalue weighted by Crippen LogP contribution is 2.26. The molecule has 0 fully saturated rings. The minimum absolute atomic E-state index is 0.197. The largest absolute Gasteiger partial charge is 0.478 e. The van der Waals surface area contributed by atoms with Crippen molar-refractivity contribution in [2.45, 2.75) is 12.8 Å². The van der Waals surface area contributed by atoms with Crippen LogP contribution in [0.25, 0.3) is 0 Å². The first kappa shape index (κ1) is 12.9. The van der Waals surface area contributed by atoms with Crippen LogP contribution in [0.15, 0.2) is 24.3 Å². The molecule has 0 bridgehead atoms. The average Bonchev–Trinajstić information content (AvgIpc) is 2.35. The number of rotatable bonds is 3. The number of amides is 1. The van der Waals surface area contributed by atoms with E-state index in [0.717, 1.165) is 12.1 Å². The molecule has 0 saturated carbocycles. The van der Waals surface area contributed by atoms with Crippen LogP contribution < -0.4 is 5.32 Å². The van der Waals surface area contributed by atoms with Gasteiger partial charge in [0.15, 0.2) is 5.78 Å². The molecule has 0 aliphatic carbocycles. The second-order valence-electron chi connectivity index (χ2n) is 4.07. The van der Waals surface area contributed by atoms with Crippen molar-refractivity contribution in [3.8, 4) is 0 Å². The minimum atomic E-state index is -1.28. The summed E-state index contributed by atoms with van der Waals surface area (Å²) in [6.45, 7) is 0. The third-order valence-electron chi connectivity index (χ3n) is 2.73. The van der Waals surface area contributed by atoms with Crippen molar-refractivity contribution in [1.82, 2.24) is 0 Å². The van der Waals surface area contributed by atoms with Crippen LogP contribution in [0.3, 0.4) is 0 Å². The highest BCUT2D eigenvalue weighted by Gasteiger charge is 2.19. The van der Waals surface area contributed by atoms with Crippen LogP contribution >= 0.6 is 0 Å². The van der Waals surface area contributed by atoms with Gasteiger partial charge in [-0.2, -0.15) is 0 Å². The normalized spacial score (nSPS) is 14.1. The first-order valence-corrected chi connectivity index (χ1v) is 5.55. The first-order chi connectivity index (χ1) is 8.97. The van der Waals surface area contributed by atoms with Crippen molar-refractivity contribution < 1.29 is 23.9 Å². The second-order valence-corrected chi connectivity index (χ2v) is 4.07. The number of aliphatic carboxylic acids is 1. The van der Waals surface area contributed by atoms with Crippen molar-refractivity contribution in [3.63, 3.8) is 0 Å². The highest BCUT2D eigenvalue weighted by molar-refractivity contribution is 6.07. The predicted molar refractivity (Wildman–Crippen MR) is 64.5 cm³/mol. The summed E-state index contributed by atoms with van der Waals surface area (Å²) in [6, 6.07) is 2.42. The van der Waals surface area contributed by atoms with Crippen LogP contribution in [-0.2, 0) is 16.0 Å². The van der Waals surface area contributed by atoms with Crippen molar-refractivity contribution in [2.75, 3.05) is 5.32 Å². The highest BCUT2D eigenvalue weighted by atomic mass is 19.1. The van der Waals surface area contributed by atoms with Crippen LogP contribution in [0.1, 0.15) is 22.3 Å². The molecule has 2 rings (SSSR count). The molecule has 1 aromatic carbocycles. The molecule has 19 heavy (non-hydrogen) atoms. The zero-order valence-corrected chi connectivity index (χ0v) is 9.77. The maximum absolute atomic E-state index is 13.7. The smallest absolute Gasteiger partial charge is 0.328 e. The van der Waals surface area contributed by atoms with E-state index < -0.39 is 17.6 Å². The fourth-order valence-corrected chi connectivity index (χ4v) is 1.83. The van der Waals surface area contributed by atoms with Crippen molar-refractivity contribution in [2.24, 2.45) is 0 Å². The van der Waals surface area contributed by atoms with E-state index in [0.29, 0.717) is 23.7 Å². The summed E-state index contributed by atoms with van der Waals surface area (Å²) in [6.07, 6.45) is 2.15. The number of carbonyl (C=O) groups excluding carboxylic acids is 2. The molecule has 0 saturated heterocycles. The van der Waals surface area contributed by atoms with Gasteiger partial charge in [0.25, 0.3) is 0 Å². The standard InChI is InChI=1S/C13H10FNO4/c14-9-6-10-7(1-3-12(17)15-10)5-8(9)11(16)2-4-13(18)19/h2,4-6H,1,3H2,(H,15,17)(H,18,19). The van der Waals surface area contributed by atoms with Gasteiger partial charge in [-0.3, -0.25) is 9.59 Å². The molecule has 0 aromatic heterocycles. The Kier molecular flexibility index (Phi) is 3.41. The Morgan fingerprint density at radius 2 is 2.00 bits per heavy atom. The lowest BCUT2D eigenvalue weighted by Crippen LogP contribution is -2.20. The molecule has 0 unspecified atom stereocenters. The number of carboxylic acids is 1. The first-order valence-electron chi connectivity index (χ1n) is 5.55. The number of nitrogens with one attached hydrogen (secondary N) is 1. The molecule has 5 nitrogen and oxygen atoms in total. The zero-order chi connectivity index (χ0) is 14.0. The molecule has 0 radical (unpaired) electrons. The second kappa shape index (κ2) is 5.01. The summed E-state index contributed by atoms with van der Waals surface area (Å²) in [4.78, 5) is 33.1. The van der Waals surface area contributed by atoms with E-state index in [2.05, 4.69) is 5.32 Å². The number of halogens is 1. The Morgan fingerprint density at radius 3 is 2.68 bits per heavy atom. The molecule has 1 heterocycles. The van der Waals surface area contributed by atoms with Gasteiger partial charge >= 0.3 is 5.97 Å². The lowest BCUT2D eigenvalue weighted by molar-refractivity contribution is -0.131. The van der Waals surface area contributed by atoms with Crippen LogP contribution in [0.2, 0.25) is 0 Å². The molecule has 98 valence electrons. The molecule has 1 aliphatic heterocycles. The Bertz CT molecular complexity index is 607. The third-order valence-corrected chi connectivity index (χ3v) is 2.73. The van der Waals surface area contributed by atoms with Gasteiger partial charge in [0.1, 0.15) is 5.82 Å². The van der Waals surface area contributed by atoms with Gasteiger partial charge in [0, 0.05) is 18.2 Å². The zero-order valence-electron chi connectivity index (χ0n) is 9.77. The van der Waals surface area contributed by atoms with Gasteiger partial charge in [-0.15, -0.1) is 0 Å². The van der Waals surface area contributed by atoms with Gasteiger partial charge < -0.3 is 10.4 Å². The van der Waals surface area contributed by atoms with Crippen molar-refractivity contribution in [1.29, 1.82) is 0 Å².